The lowest BCUT2D eigenvalue weighted by Gasteiger charge is -2.26. The van der Waals surface area contributed by atoms with E-state index < -0.39 is 0 Å². The zero-order valence-corrected chi connectivity index (χ0v) is 17.6. The standard InChI is InChI=1S/C22H30N6O2/c1-2-3-8-24-22-25-20(23)18-13-19(29)28(21(18)26-22)15-17-6-4-16(5-7-17)14-27-9-11-30-12-10-27/h4-7H,2-3,8-15H2,1H3,(H3,23,24,25,26). The number of anilines is 3. The van der Waals surface area contributed by atoms with E-state index in [1.54, 1.807) is 4.90 Å². The fraction of sp³-hybridized carbons (Fsp3) is 0.500. The third-order valence-corrected chi connectivity index (χ3v) is 5.59. The molecule has 2 aromatic rings. The monoisotopic (exact) mass is 410 g/mol. The predicted molar refractivity (Wildman–Crippen MR) is 117 cm³/mol. The molecule has 0 bridgehead atoms. The van der Waals surface area contributed by atoms with Crippen LogP contribution >= 0.6 is 0 Å². The van der Waals surface area contributed by atoms with Crippen LogP contribution in [0.15, 0.2) is 24.3 Å². The number of rotatable bonds is 8. The number of hydrogen-bond donors (Lipinski definition) is 2. The molecule has 8 nitrogen and oxygen atoms in total. The maximum Gasteiger partial charge on any atom is 0.233 e. The highest BCUT2D eigenvalue weighted by Gasteiger charge is 2.32. The summed E-state index contributed by atoms with van der Waals surface area (Å²) in [4.78, 5) is 25.7. The first kappa shape index (κ1) is 20.6. The normalized spacial score (nSPS) is 16.7. The molecule has 2 aliphatic rings. The molecule has 1 amide bonds. The van der Waals surface area contributed by atoms with E-state index in [9.17, 15) is 4.79 Å². The van der Waals surface area contributed by atoms with Crippen LogP contribution in [-0.4, -0.2) is 53.6 Å². The summed E-state index contributed by atoms with van der Waals surface area (Å²) in [5.74, 6) is 1.51. The van der Waals surface area contributed by atoms with E-state index >= 15 is 0 Å². The van der Waals surface area contributed by atoms with Gasteiger partial charge in [-0.15, -0.1) is 0 Å². The van der Waals surface area contributed by atoms with Gasteiger partial charge in [-0.05, 0) is 17.5 Å². The molecule has 4 rings (SSSR count). The molecule has 30 heavy (non-hydrogen) atoms. The van der Waals surface area contributed by atoms with Crippen LogP contribution in [-0.2, 0) is 29.0 Å². The Morgan fingerprint density at radius 1 is 1.10 bits per heavy atom. The van der Waals surface area contributed by atoms with Crippen molar-refractivity contribution >= 4 is 23.5 Å². The highest BCUT2D eigenvalue weighted by atomic mass is 16.5. The minimum atomic E-state index is 0.00843. The highest BCUT2D eigenvalue weighted by molar-refractivity contribution is 6.01. The van der Waals surface area contributed by atoms with Crippen LogP contribution in [0.2, 0.25) is 0 Å². The van der Waals surface area contributed by atoms with Crippen molar-refractivity contribution in [1.29, 1.82) is 0 Å². The smallest absolute Gasteiger partial charge is 0.233 e. The van der Waals surface area contributed by atoms with Gasteiger partial charge in [0.25, 0.3) is 0 Å². The molecule has 0 unspecified atom stereocenters. The Bertz CT molecular complexity index is 880. The zero-order chi connectivity index (χ0) is 20.9. The minimum absolute atomic E-state index is 0.00843. The Morgan fingerprint density at radius 2 is 1.80 bits per heavy atom. The summed E-state index contributed by atoms with van der Waals surface area (Å²) in [5.41, 5.74) is 9.18. The third-order valence-electron chi connectivity index (χ3n) is 5.59. The molecule has 0 spiro atoms. The average Bonchev–Trinajstić information content (AvgIpc) is 3.06. The van der Waals surface area contributed by atoms with Crippen LogP contribution in [0.5, 0.6) is 0 Å². The first-order valence-electron chi connectivity index (χ1n) is 10.7. The Kier molecular flexibility index (Phi) is 6.44. The summed E-state index contributed by atoms with van der Waals surface area (Å²) in [5, 5.41) is 3.21. The second kappa shape index (κ2) is 9.40. The maximum atomic E-state index is 12.7. The Balaban J connectivity index is 1.45. The van der Waals surface area contributed by atoms with Gasteiger partial charge >= 0.3 is 0 Å². The molecule has 3 heterocycles. The number of carbonyl (C=O) groups excluding carboxylic acids is 1. The topological polar surface area (TPSA) is 96.6 Å². The number of ether oxygens (including phenoxy) is 1. The number of carbonyl (C=O) groups is 1. The van der Waals surface area contributed by atoms with Crippen molar-refractivity contribution in [2.24, 2.45) is 0 Å². The molecular weight excluding hydrogens is 380 g/mol. The van der Waals surface area contributed by atoms with Crippen LogP contribution in [0.3, 0.4) is 0 Å². The van der Waals surface area contributed by atoms with Gasteiger partial charge in [-0.1, -0.05) is 37.6 Å². The van der Waals surface area contributed by atoms with Crippen LogP contribution in [0, 0.1) is 0 Å². The van der Waals surface area contributed by atoms with Gasteiger partial charge in [-0.3, -0.25) is 14.6 Å². The summed E-state index contributed by atoms with van der Waals surface area (Å²) >= 11 is 0. The van der Waals surface area contributed by atoms with Gasteiger partial charge in [-0.25, -0.2) is 0 Å². The van der Waals surface area contributed by atoms with Gasteiger partial charge in [0, 0.05) is 31.7 Å². The van der Waals surface area contributed by atoms with Gasteiger partial charge in [0.15, 0.2) is 0 Å². The average molecular weight is 411 g/mol. The van der Waals surface area contributed by atoms with Crippen molar-refractivity contribution in [3.8, 4) is 0 Å². The quantitative estimate of drug-likeness (QED) is 0.644. The summed E-state index contributed by atoms with van der Waals surface area (Å²) in [6.45, 7) is 7.86. The van der Waals surface area contributed by atoms with Crippen molar-refractivity contribution in [3.05, 3.63) is 41.0 Å². The van der Waals surface area contributed by atoms with Crippen molar-refractivity contribution in [3.63, 3.8) is 0 Å². The SMILES string of the molecule is CCCCNc1nc(N)c2c(n1)N(Cc1ccc(CN3CCOCC3)cc1)C(=O)C2. The van der Waals surface area contributed by atoms with Crippen molar-refractivity contribution in [2.45, 2.75) is 39.3 Å². The lowest BCUT2D eigenvalue weighted by molar-refractivity contribution is -0.117. The molecule has 0 radical (unpaired) electrons. The molecular formula is C22H30N6O2. The molecule has 1 aromatic carbocycles. The van der Waals surface area contributed by atoms with Gasteiger partial charge in [0.1, 0.15) is 11.6 Å². The van der Waals surface area contributed by atoms with E-state index in [0.717, 1.165) is 63.4 Å². The largest absolute Gasteiger partial charge is 0.383 e. The van der Waals surface area contributed by atoms with Gasteiger partial charge < -0.3 is 15.8 Å². The first-order chi connectivity index (χ1) is 14.6. The lowest BCUT2D eigenvalue weighted by Crippen LogP contribution is -2.35. The van der Waals surface area contributed by atoms with E-state index in [0.29, 0.717) is 24.1 Å². The van der Waals surface area contributed by atoms with Crippen LogP contribution in [0.1, 0.15) is 36.5 Å². The number of nitrogen functional groups attached to an aromatic ring is 1. The van der Waals surface area contributed by atoms with Crippen LogP contribution in [0.25, 0.3) is 0 Å². The summed E-state index contributed by atoms with van der Waals surface area (Å²) in [6, 6.07) is 8.45. The van der Waals surface area contributed by atoms with Crippen molar-refractivity contribution in [2.75, 3.05) is 48.8 Å². The Morgan fingerprint density at radius 3 is 2.50 bits per heavy atom. The molecule has 8 heteroatoms. The van der Waals surface area contributed by atoms with Crippen LogP contribution < -0.4 is 16.0 Å². The van der Waals surface area contributed by atoms with Crippen molar-refractivity contribution < 1.29 is 9.53 Å². The van der Waals surface area contributed by atoms with E-state index in [-0.39, 0.29) is 12.3 Å². The Labute approximate surface area is 177 Å². The summed E-state index contributed by atoms with van der Waals surface area (Å²) in [7, 11) is 0. The number of fused-ring (bicyclic) bond motifs is 1. The Hall–Kier alpha value is -2.71. The van der Waals surface area contributed by atoms with Gasteiger partial charge in [-0.2, -0.15) is 9.97 Å². The number of nitrogens with zero attached hydrogens (tertiary/aromatic N) is 4. The fourth-order valence-corrected chi connectivity index (χ4v) is 3.82. The second-order valence-electron chi connectivity index (χ2n) is 7.88. The lowest BCUT2D eigenvalue weighted by atomic mass is 10.1. The predicted octanol–water partition coefficient (Wildman–Crippen LogP) is 2.19. The zero-order valence-electron chi connectivity index (χ0n) is 17.6. The van der Waals surface area contributed by atoms with E-state index in [1.807, 2.05) is 0 Å². The fourth-order valence-electron chi connectivity index (χ4n) is 3.82. The minimum Gasteiger partial charge on any atom is -0.383 e. The van der Waals surface area contributed by atoms with Crippen molar-refractivity contribution in [1.82, 2.24) is 14.9 Å². The molecule has 1 fully saturated rings. The number of nitrogens with one attached hydrogen (secondary N) is 1. The number of nitrogens with two attached hydrogens (primary N) is 1. The molecule has 3 N–H and O–H groups in total. The molecule has 160 valence electrons. The van der Waals surface area contributed by atoms with E-state index in [2.05, 4.69) is 51.4 Å². The molecule has 0 saturated carbocycles. The molecule has 0 atom stereocenters. The third kappa shape index (κ3) is 4.71. The molecule has 2 aliphatic heterocycles. The highest BCUT2D eigenvalue weighted by Crippen LogP contribution is 2.32. The number of amides is 1. The summed E-state index contributed by atoms with van der Waals surface area (Å²) < 4.78 is 5.41. The second-order valence-corrected chi connectivity index (χ2v) is 7.88. The molecule has 1 aromatic heterocycles. The number of unbranched alkanes of at least 4 members (excludes halogenated alkanes) is 1. The number of hydrogen-bond acceptors (Lipinski definition) is 7. The van der Waals surface area contributed by atoms with E-state index in [1.165, 1.54) is 5.56 Å². The summed E-state index contributed by atoms with van der Waals surface area (Å²) in [6.07, 6.45) is 2.37. The number of aromatic nitrogens is 2. The van der Waals surface area contributed by atoms with E-state index in [4.69, 9.17) is 10.5 Å². The van der Waals surface area contributed by atoms with Gasteiger partial charge in [0.2, 0.25) is 11.9 Å². The number of morpholine rings is 1. The molecule has 1 saturated heterocycles. The first-order valence-corrected chi connectivity index (χ1v) is 10.7. The number of benzene rings is 1. The molecule has 0 aliphatic carbocycles. The van der Waals surface area contributed by atoms with Gasteiger partial charge in [0.05, 0.1) is 26.2 Å². The van der Waals surface area contributed by atoms with Crippen LogP contribution in [0.4, 0.5) is 17.6 Å². The maximum absolute atomic E-state index is 12.7.